The third-order valence-electron chi connectivity index (χ3n) is 10.8. The van der Waals surface area contributed by atoms with Crippen molar-refractivity contribution >= 4 is 33.1 Å². The lowest BCUT2D eigenvalue weighted by molar-refractivity contribution is 0.684. The molecule has 2 aliphatic carbocycles. The maximum atomic E-state index is 2.64. The van der Waals surface area contributed by atoms with Crippen molar-refractivity contribution in [1.29, 1.82) is 0 Å². The van der Waals surface area contributed by atoms with Crippen LogP contribution >= 0.6 is 0 Å². The number of benzene rings is 6. The number of hydrogen-bond acceptors (Lipinski definition) is 1. The number of para-hydroxylation sites is 3. The van der Waals surface area contributed by atoms with Gasteiger partial charge >= 0.3 is 0 Å². The number of nitrogens with zero attached hydrogens (tertiary/aromatic N) is 2. The number of rotatable bonds is 5. The van der Waals surface area contributed by atoms with E-state index in [0.717, 1.165) is 12.8 Å². The van der Waals surface area contributed by atoms with E-state index in [0.29, 0.717) is 5.92 Å². The van der Waals surface area contributed by atoms with Crippen molar-refractivity contribution in [3.8, 4) is 27.9 Å². The Kier molecular flexibility index (Phi) is 6.80. The lowest BCUT2D eigenvalue weighted by Crippen LogP contribution is -2.33. The molecule has 6 aromatic carbocycles. The fourth-order valence-corrected chi connectivity index (χ4v) is 8.59. The first kappa shape index (κ1) is 28.9. The van der Waals surface area contributed by atoms with Gasteiger partial charge in [0.15, 0.2) is 0 Å². The lowest BCUT2D eigenvalue weighted by atomic mass is 9.84. The zero-order valence-electron chi connectivity index (χ0n) is 27.8. The van der Waals surface area contributed by atoms with Gasteiger partial charge in [-0.1, -0.05) is 152 Å². The predicted molar refractivity (Wildman–Crippen MR) is 210 cm³/mol. The minimum atomic E-state index is 0.247. The smallest absolute Gasteiger partial charge is 0.0626 e. The Morgan fingerprint density at radius 3 is 1.94 bits per heavy atom. The van der Waals surface area contributed by atoms with Crippen LogP contribution in [0.25, 0.3) is 55.3 Å². The van der Waals surface area contributed by atoms with Gasteiger partial charge in [-0.2, -0.15) is 0 Å². The standard InChI is InChI=1S/C48H36N2/c1-3-15-33(16-4-1)37-19-7-11-23-43(37)49-45-25-13-9-21-39(45)41-31-35(27-29-47(41)49)36-28-30-48-42(32-36)40-22-10-14-26-46(40)50(48)44-24-12-8-20-38(44)34-17-5-2-6-18-34/h1-13,15-25,27-32,42,48H,14,26H2. The van der Waals surface area contributed by atoms with Gasteiger partial charge in [-0.15, -0.1) is 0 Å². The molecule has 2 heterocycles. The average Bonchev–Trinajstić information content (AvgIpc) is 3.70. The van der Waals surface area contributed by atoms with Crippen LogP contribution in [-0.4, -0.2) is 10.6 Å². The molecule has 0 amide bonds. The normalized spacial score (nSPS) is 18.1. The first-order chi connectivity index (χ1) is 24.8. The number of fused-ring (bicyclic) bond motifs is 5. The molecule has 0 saturated carbocycles. The largest absolute Gasteiger partial charge is 0.336 e. The summed E-state index contributed by atoms with van der Waals surface area (Å²) in [6.07, 6.45) is 14.3. The molecule has 0 saturated heterocycles. The van der Waals surface area contributed by atoms with Gasteiger partial charge in [0.1, 0.15) is 0 Å². The van der Waals surface area contributed by atoms with Gasteiger partial charge in [-0.3, -0.25) is 0 Å². The third kappa shape index (κ3) is 4.56. The monoisotopic (exact) mass is 640 g/mol. The zero-order chi connectivity index (χ0) is 33.0. The van der Waals surface area contributed by atoms with Gasteiger partial charge in [-0.05, 0) is 71.0 Å². The molecule has 2 heteroatoms. The fourth-order valence-electron chi connectivity index (χ4n) is 8.59. The highest BCUT2D eigenvalue weighted by molar-refractivity contribution is 6.10. The number of anilines is 1. The van der Waals surface area contributed by atoms with Crippen molar-refractivity contribution in [2.75, 3.05) is 4.90 Å². The Balaban J connectivity index is 1.08. The summed E-state index contributed by atoms with van der Waals surface area (Å²) in [7, 11) is 0. The van der Waals surface area contributed by atoms with Crippen LogP contribution in [0, 0.1) is 5.92 Å². The van der Waals surface area contributed by atoms with Crippen molar-refractivity contribution in [3.63, 3.8) is 0 Å². The second-order valence-electron chi connectivity index (χ2n) is 13.6. The number of aromatic nitrogens is 1. The zero-order valence-corrected chi connectivity index (χ0v) is 27.8. The molecule has 0 fully saturated rings. The molecule has 10 rings (SSSR count). The summed E-state index contributed by atoms with van der Waals surface area (Å²) in [5.41, 5.74) is 15.4. The van der Waals surface area contributed by atoms with Gasteiger partial charge in [-0.25, -0.2) is 0 Å². The van der Waals surface area contributed by atoms with Crippen LogP contribution in [0.5, 0.6) is 0 Å². The van der Waals surface area contributed by atoms with Crippen LogP contribution in [0.2, 0.25) is 0 Å². The van der Waals surface area contributed by atoms with Gasteiger partial charge < -0.3 is 9.47 Å². The lowest BCUT2D eigenvalue weighted by Gasteiger charge is -2.33. The molecule has 0 N–H and O–H groups in total. The highest BCUT2D eigenvalue weighted by atomic mass is 15.2. The van der Waals surface area contributed by atoms with Crippen molar-refractivity contribution in [2.24, 2.45) is 5.92 Å². The first-order valence-electron chi connectivity index (χ1n) is 17.8. The van der Waals surface area contributed by atoms with E-state index >= 15 is 0 Å². The Hall–Kier alpha value is -6.12. The van der Waals surface area contributed by atoms with Gasteiger partial charge in [0, 0.05) is 39.2 Å². The minimum absolute atomic E-state index is 0.247. The average molecular weight is 641 g/mol. The van der Waals surface area contributed by atoms with E-state index in [-0.39, 0.29) is 6.04 Å². The number of allylic oxidation sites excluding steroid dienone is 5. The van der Waals surface area contributed by atoms with Crippen LogP contribution in [0.4, 0.5) is 5.69 Å². The SMILES string of the molecule is C1=CC2=C(CC1)N(c1ccccc1-c1ccccc1)C1C=CC(c3ccc4c(c3)c3ccccc3n4-c3ccccc3-c3ccccc3)=CC21. The maximum absolute atomic E-state index is 2.64. The van der Waals surface area contributed by atoms with Gasteiger partial charge in [0.05, 0.1) is 22.8 Å². The first-order valence-corrected chi connectivity index (χ1v) is 17.8. The Bertz CT molecular complexity index is 2540. The molecule has 50 heavy (non-hydrogen) atoms. The van der Waals surface area contributed by atoms with Crippen molar-refractivity contribution in [3.05, 3.63) is 199 Å². The van der Waals surface area contributed by atoms with Crippen LogP contribution < -0.4 is 4.90 Å². The molecular weight excluding hydrogens is 605 g/mol. The fraction of sp³-hybridized carbons (Fsp3) is 0.0833. The summed E-state index contributed by atoms with van der Waals surface area (Å²) < 4.78 is 2.45. The Labute approximate surface area is 293 Å². The highest BCUT2D eigenvalue weighted by Crippen LogP contribution is 2.49. The van der Waals surface area contributed by atoms with Gasteiger partial charge in [0.25, 0.3) is 0 Å². The van der Waals surface area contributed by atoms with Crippen LogP contribution in [-0.2, 0) is 0 Å². The molecule has 238 valence electrons. The van der Waals surface area contributed by atoms with E-state index < -0.39 is 0 Å². The third-order valence-corrected chi connectivity index (χ3v) is 10.8. The van der Waals surface area contributed by atoms with E-state index in [2.05, 4.69) is 192 Å². The summed E-state index contributed by atoms with van der Waals surface area (Å²) in [4.78, 5) is 2.64. The summed E-state index contributed by atoms with van der Waals surface area (Å²) in [6.45, 7) is 0. The molecular formula is C48H36N2. The summed E-state index contributed by atoms with van der Waals surface area (Å²) in [5.74, 6) is 0.292. The van der Waals surface area contributed by atoms with Crippen molar-refractivity contribution < 1.29 is 0 Å². The molecule has 0 bridgehead atoms. The molecule has 3 aliphatic rings. The predicted octanol–water partition coefficient (Wildman–Crippen LogP) is 12.2. The maximum Gasteiger partial charge on any atom is 0.0626 e. The van der Waals surface area contributed by atoms with Crippen LogP contribution in [0.3, 0.4) is 0 Å². The second kappa shape index (κ2) is 11.8. The number of hydrogen-bond donors (Lipinski definition) is 0. The molecule has 2 nitrogen and oxygen atoms in total. The quantitative estimate of drug-likeness (QED) is 0.182. The molecule has 2 unspecified atom stereocenters. The molecule has 0 spiro atoms. The summed E-state index contributed by atoms with van der Waals surface area (Å²) in [6, 6.07) is 55.4. The Morgan fingerprint density at radius 2 is 1.16 bits per heavy atom. The van der Waals surface area contributed by atoms with E-state index in [9.17, 15) is 0 Å². The summed E-state index contributed by atoms with van der Waals surface area (Å²) in [5, 5.41) is 2.55. The van der Waals surface area contributed by atoms with E-state index in [1.165, 1.54) is 77.8 Å². The minimum Gasteiger partial charge on any atom is -0.336 e. The Morgan fingerprint density at radius 1 is 0.520 bits per heavy atom. The molecule has 0 radical (unpaired) electrons. The van der Waals surface area contributed by atoms with E-state index in [1.54, 1.807) is 0 Å². The van der Waals surface area contributed by atoms with E-state index in [4.69, 9.17) is 0 Å². The van der Waals surface area contributed by atoms with Crippen molar-refractivity contribution in [2.45, 2.75) is 18.9 Å². The molecule has 1 aliphatic heterocycles. The van der Waals surface area contributed by atoms with E-state index in [1.807, 2.05) is 0 Å². The topological polar surface area (TPSA) is 8.17 Å². The molecule has 7 aromatic rings. The second-order valence-corrected chi connectivity index (χ2v) is 13.6. The summed E-state index contributed by atoms with van der Waals surface area (Å²) >= 11 is 0. The molecule has 1 aromatic heterocycles. The van der Waals surface area contributed by atoms with Crippen LogP contribution in [0.1, 0.15) is 18.4 Å². The van der Waals surface area contributed by atoms with Gasteiger partial charge in [0.2, 0.25) is 0 Å². The van der Waals surface area contributed by atoms with Crippen LogP contribution in [0.15, 0.2) is 193 Å². The van der Waals surface area contributed by atoms with Crippen molar-refractivity contribution in [1.82, 2.24) is 4.57 Å². The highest BCUT2D eigenvalue weighted by Gasteiger charge is 2.40. The molecule has 2 atom stereocenters.